The number of amides is 1. The summed E-state index contributed by atoms with van der Waals surface area (Å²) in [5.41, 5.74) is 0. The SMILES string of the molecule is CC/C=C\C/C=C\C/C=C\C/C=C\C/C=C\C/C=C\C/C=C\C/C=C\C/C=C\C/C=C\C/C=C\CCCCCCCCCC(=O)NC(COC1OC(CO)C(O)C(O)C1O)C(O)/C=C/CCCCCCCCCCCCCCCCCCCCC. The van der Waals surface area contributed by atoms with Crippen LogP contribution in [0.25, 0.3) is 0 Å². The fraction of sp³-hybridized carbons (Fsp3) is 0.671. The number of carbonyl (C=O) groups excluding carboxylic acids is 1. The first-order chi connectivity index (χ1) is 41.8. The van der Waals surface area contributed by atoms with E-state index < -0.39 is 49.5 Å². The van der Waals surface area contributed by atoms with Crippen molar-refractivity contribution in [2.24, 2.45) is 0 Å². The molecule has 0 aromatic heterocycles. The van der Waals surface area contributed by atoms with Crippen molar-refractivity contribution in [3.63, 3.8) is 0 Å². The highest BCUT2D eigenvalue weighted by atomic mass is 16.7. The van der Waals surface area contributed by atoms with E-state index in [0.29, 0.717) is 6.42 Å². The highest BCUT2D eigenvalue weighted by Crippen LogP contribution is 2.23. The Balaban J connectivity index is 2.17. The van der Waals surface area contributed by atoms with Crippen LogP contribution >= 0.6 is 0 Å². The fourth-order valence-corrected chi connectivity index (χ4v) is 10.0. The van der Waals surface area contributed by atoms with Gasteiger partial charge in [-0.15, -0.1) is 0 Å². The second-order valence-corrected chi connectivity index (χ2v) is 23.2. The minimum atomic E-state index is -1.58. The average molecular weight is 1180 g/mol. The Kier molecular flexibility index (Phi) is 58.7. The zero-order chi connectivity index (χ0) is 61.4. The molecule has 85 heavy (non-hydrogen) atoms. The quantitative estimate of drug-likeness (QED) is 0.0261. The first-order valence-electron chi connectivity index (χ1n) is 34.6. The van der Waals surface area contributed by atoms with E-state index in [1.807, 2.05) is 6.08 Å². The van der Waals surface area contributed by atoms with Crippen molar-refractivity contribution in [1.29, 1.82) is 0 Å². The Morgan fingerprint density at radius 2 is 0.729 bits per heavy atom. The third kappa shape index (κ3) is 51.8. The van der Waals surface area contributed by atoms with Crippen LogP contribution < -0.4 is 5.32 Å². The van der Waals surface area contributed by atoms with Gasteiger partial charge in [0.15, 0.2) is 6.29 Å². The van der Waals surface area contributed by atoms with Crippen LogP contribution in [-0.4, -0.2) is 87.5 Å². The average Bonchev–Trinajstić information content (AvgIpc) is 3.68. The van der Waals surface area contributed by atoms with Crippen molar-refractivity contribution in [1.82, 2.24) is 5.32 Å². The molecule has 7 atom stereocenters. The first kappa shape index (κ1) is 79.1. The molecule has 1 rings (SSSR count). The summed E-state index contributed by atoms with van der Waals surface area (Å²) < 4.78 is 11.3. The van der Waals surface area contributed by atoms with Crippen LogP contribution in [0.2, 0.25) is 0 Å². The van der Waals surface area contributed by atoms with Gasteiger partial charge in [-0.05, 0) is 103 Å². The van der Waals surface area contributed by atoms with Crippen molar-refractivity contribution >= 4 is 5.91 Å². The number of rotatable bonds is 58. The molecule has 484 valence electrons. The molecule has 9 heteroatoms. The Labute approximate surface area is 521 Å². The highest BCUT2D eigenvalue weighted by molar-refractivity contribution is 5.76. The summed E-state index contributed by atoms with van der Waals surface area (Å²) in [7, 11) is 0. The summed E-state index contributed by atoms with van der Waals surface area (Å²) in [6, 6.07) is -0.822. The van der Waals surface area contributed by atoms with Gasteiger partial charge < -0.3 is 40.3 Å². The molecule has 1 aliphatic rings. The third-order valence-corrected chi connectivity index (χ3v) is 15.4. The van der Waals surface area contributed by atoms with Gasteiger partial charge in [0.1, 0.15) is 24.4 Å². The Morgan fingerprint density at radius 3 is 1.08 bits per heavy atom. The lowest BCUT2D eigenvalue weighted by Crippen LogP contribution is -2.60. The van der Waals surface area contributed by atoms with E-state index in [4.69, 9.17) is 9.47 Å². The van der Waals surface area contributed by atoms with Gasteiger partial charge in [-0.25, -0.2) is 0 Å². The Bertz CT molecular complexity index is 1850. The monoisotopic (exact) mass is 1180 g/mol. The Morgan fingerprint density at radius 1 is 0.412 bits per heavy atom. The lowest BCUT2D eigenvalue weighted by molar-refractivity contribution is -0.302. The zero-order valence-corrected chi connectivity index (χ0v) is 54.1. The molecule has 0 aliphatic carbocycles. The summed E-state index contributed by atoms with van der Waals surface area (Å²) in [4.78, 5) is 13.1. The first-order valence-corrected chi connectivity index (χ1v) is 34.6. The van der Waals surface area contributed by atoms with Crippen LogP contribution in [0.15, 0.2) is 146 Å². The maximum absolute atomic E-state index is 13.1. The molecule has 1 amide bonds. The molecular weight excluding hydrogens is 1050 g/mol. The van der Waals surface area contributed by atoms with Gasteiger partial charge in [0.2, 0.25) is 5.91 Å². The molecule has 0 spiro atoms. The topological polar surface area (TPSA) is 149 Å². The second-order valence-electron chi connectivity index (χ2n) is 23.2. The number of unbranched alkanes of at least 4 members (excludes halogenated alkanes) is 26. The smallest absolute Gasteiger partial charge is 0.220 e. The largest absolute Gasteiger partial charge is 0.394 e. The standard InChI is InChI=1S/C76H127NO8/c1-3-5-7-9-11-13-15-17-19-21-23-25-26-27-28-29-30-31-32-33-34-35-36-37-38-39-40-41-42-43-44-46-48-50-52-54-56-58-60-62-64-66-72(80)77-69(68-84-76-75(83)74(82)73(81)71(67-78)85-76)70(79)65-63-61-59-57-55-53-51-49-47-45-24-22-20-18-16-14-12-10-8-6-4-2/h5,7,11,13,17,19,23,25,27-28,30-31,33-34,36-37,39-40,42-43,46,48,63,65,69-71,73-76,78-79,81-83H,3-4,6,8-10,12,14-16,18,20-22,24,26,29,32,35,38,41,44-45,47,49-62,64,66-68H2,1-2H3,(H,77,80)/b7-5-,13-11-,19-17-,25-23-,28-27-,31-30-,34-33-,37-36-,40-39-,43-42-,48-46-,65-63+. The minimum Gasteiger partial charge on any atom is -0.394 e. The van der Waals surface area contributed by atoms with Crippen LogP contribution in [0.3, 0.4) is 0 Å². The van der Waals surface area contributed by atoms with Gasteiger partial charge >= 0.3 is 0 Å². The van der Waals surface area contributed by atoms with Crippen LogP contribution in [0, 0.1) is 0 Å². The van der Waals surface area contributed by atoms with Gasteiger partial charge in [-0.1, -0.05) is 307 Å². The summed E-state index contributed by atoms with van der Waals surface area (Å²) >= 11 is 0. The van der Waals surface area contributed by atoms with E-state index in [2.05, 4.69) is 153 Å². The fourth-order valence-electron chi connectivity index (χ4n) is 10.0. The van der Waals surface area contributed by atoms with E-state index in [9.17, 15) is 30.3 Å². The normalized spacial score (nSPS) is 19.1. The van der Waals surface area contributed by atoms with Crippen molar-refractivity contribution in [3.8, 4) is 0 Å². The highest BCUT2D eigenvalue weighted by Gasteiger charge is 2.44. The molecular formula is C76H127NO8. The van der Waals surface area contributed by atoms with E-state index in [-0.39, 0.29) is 12.5 Å². The summed E-state index contributed by atoms with van der Waals surface area (Å²) in [5, 5.41) is 54.7. The van der Waals surface area contributed by atoms with Gasteiger partial charge in [-0.3, -0.25) is 4.79 Å². The van der Waals surface area contributed by atoms with Crippen LogP contribution in [0.5, 0.6) is 0 Å². The molecule has 9 nitrogen and oxygen atoms in total. The van der Waals surface area contributed by atoms with Crippen molar-refractivity contribution in [2.75, 3.05) is 13.2 Å². The third-order valence-electron chi connectivity index (χ3n) is 15.4. The molecule has 0 saturated carbocycles. The number of allylic oxidation sites excluding steroid dienone is 23. The van der Waals surface area contributed by atoms with Crippen LogP contribution in [-0.2, 0) is 14.3 Å². The van der Waals surface area contributed by atoms with E-state index in [1.165, 1.54) is 128 Å². The molecule has 0 radical (unpaired) electrons. The number of hydrogen-bond acceptors (Lipinski definition) is 8. The predicted molar refractivity (Wildman–Crippen MR) is 363 cm³/mol. The van der Waals surface area contributed by atoms with Gasteiger partial charge in [0, 0.05) is 6.42 Å². The number of nitrogens with one attached hydrogen (secondary N) is 1. The number of carbonyl (C=O) groups is 1. The number of aliphatic hydroxyl groups is 5. The Hall–Kier alpha value is -3.93. The molecule has 0 bridgehead atoms. The molecule has 1 saturated heterocycles. The van der Waals surface area contributed by atoms with E-state index in [1.54, 1.807) is 6.08 Å². The second kappa shape index (κ2) is 63.1. The van der Waals surface area contributed by atoms with Crippen molar-refractivity contribution in [3.05, 3.63) is 146 Å². The molecule has 1 heterocycles. The molecule has 6 N–H and O–H groups in total. The van der Waals surface area contributed by atoms with Gasteiger partial charge in [0.05, 0.1) is 25.4 Å². The number of ether oxygens (including phenoxy) is 2. The molecule has 0 aromatic carbocycles. The van der Waals surface area contributed by atoms with E-state index >= 15 is 0 Å². The number of hydrogen-bond donors (Lipinski definition) is 6. The summed E-state index contributed by atoms with van der Waals surface area (Å²) in [6.07, 6.45) is 90.7. The number of aliphatic hydroxyl groups excluding tert-OH is 5. The van der Waals surface area contributed by atoms with Crippen molar-refractivity contribution < 1.29 is 39.8 Å². The predicted octanol–water partition coefficient (Wildman–Crippen LogP) is 19.0. The van der Waals surface area contributed by atoms with Gasteiger partial charge in [-0.2, -0.15) is 0 Å². The minimum absolute atomic E-state index is 0.192. The van der Waals surface area contributed by atoms with Gasteiger partial charge in [0.25, 0.3) is 0 Å². The van der Waals surface area contributed by atoms with Crippen molar-refractivity contribution in [2.45, 2.75) is 314 Å². The summed E-state index contributed by atoms with van der Waals surface area (Å²) in [5.74, 6) is -0.192. The van der Waals surface area contributed by atoms with E-state index in [0.717, 1.165) is 122 Å². The molecule has 7 unspecified atom stereocenters. The lowest BCUT2D eigenvalue weighted by atomic mass is 9.99. The maximum Gasteiger partial charge on any atom is 0.220 e. The lowest BCUT2D eigenvalue weighted by Gasteiger charge is -2.40. The van der Waals surface area contributed by atoms with Crippen LogP contribution in [0.1, 0.15) is 271 Å². The molecule has 1 fully saturated rings. The molecule has 0 aromatic rings. The molecule has 1 aliphatic heterocycles. The van der Waals surface area contributed by atoms with Crippen LogP contribution in [0.4, 0.5) is 0 Å². The zero-order valence-electron chi connectivity index (χ0n) is 54.1. The maximum atomic E-state index is 13.1. The summed E-state index contributed by atoms with van der Waals surface area (Å²) in [6.45, 7) is 3.67.